The quantitative estimate of drug-likeness (QED) is 0.237. The molecule has 3 rings (SSSR count). The first-order valence-electron chi connectivity index (χ1n) is 12.0. The molecule has 0 saturated heterocycles. The Balaban J connectivity index is 1.84. The first kappa shape index (κ1) is 28.8. The zero-order valence-corrected chi connectivity index (χ0v) is 22.0. The maximum absolute atomic E-state index is 13.3. The molecule has 12 heteroatoms. The number of aliphatic carboxylic acids is 1. The fourth-order valence-electron chi connectivity index (χ4n) is 4.12. The van der Waals surface area contributed by atoms with Crippen molar-refractivity contribution in [1.29, 1.82) is 0 Å². The maximum atomic E-state index is 13.3. The van der Waals surface area contributed by atoms with Crippen molar-refractivity contribution in [2.45, 2.75) is 31.3 Å². The monoisotopic (exact) mass is 541 g/mol. The van der Waals surface area contributed by atoms with Crippen LogP contribution in [0.1, 0.15) is 28.8 Å². The summed E-state index contributed by atoms with van der Waals surface area (Å²) < 4.78 is 20.7. The Labute approximate surface area is 224 Å². The van der Waals surface area contributed by atoms with Crippen molar-refractivity contribution in [2.75, 3.05) is 28.4 Å². The number of methoxy groups -OCH3 is 4. The van der Waals surface area contributed by atoms with Crippen LogP contribution < -0.4 is 24.8 Å². The lowest BCUT2D eigenvalue weighted by Crippen LogP contribution is -2.52. The van der Waals surface area contributed by atoms with Crippen molar-refractivity contribution >= 4 is 34.7 Å². The molecule has 0 aliphatic carbocycles. The van der Waals surface area contributed by atoms with Crippen LogP contribution in [0.5, 0.6) is 17.2 Å². The van der Waals surface area contributed by atoms with Gasteiger partial charge >= 0.3 is 11.9 Å². The molecule has 2 atom stereocenters. The number of aromatic amines is 1. The van der Waals surface area contributed by atoms with E-state index in [1.807, 2.05) is 24.3 Å². The summed E-state index contributed by atoms with van der Waals surface area (Å²) in [5, 5.41) is 15.2. The number of carboxylic acids is 1. The molecule has 0 spiro atoms. The number of ether oxygens (including phenoxy) is 4. The van der Waals surface area contributed by atoms with E-state index in [1.54, 1.807) is 6.20 Å². The Hall–Kier alpha value is -4.74. The zero-order valence-electron chi connectivity index (χ0n) is 22.0. The average molecular weight is 542 g/mol. The molecule has 3 aromatic rings. The number of para-hydroxylation sites is 1. The molecular formula is C27H31N3O9. The molecule has 2 amide bonds. The Morgan fingerprint density at radius 3 is 2.18 bits per heavy atom. The summed E-state index contributed by atoms with van der Waals surface area (Å²) in [6.45, 7) is 0. The molecule has 0 unspecified atom stereocenters. The molecule has 1 heterocycles. The summed E-state index contributed by atoms with van der Waals surface area (Å²) in [5.41, 5.74) is 1.71. The summed E-state index contributed by atoms with van der Waals surface area (Å²) in [5.74, 6) is -2.57. The van der Waals surface area contributed by atoms with Gasteiger partial charge in [0.15, 0.2) is 11.5 Å². The molecule has 0 fully saturated rings. The number of amides is 2. The molecule has 0 bridgehead atoms. The highest BCUT2D eigenvalue weighted by atomic mass is 16.5. The number of rotatable bonds is 13. The second-order valence-corrected chi connectivity index (χ2v) is 8.52. The van der Waals surface area contributed by atoms with Crippen LogP contribution in [0.15, 0.2) is 42.6 Å². The Morgan fingerprint density at radius 2 is 1.59 bits per heavy atom. The molecule has 12 nitrogen and oxygen atoms in total. The minimum absolute atomic E-state index is 0.0842. The molecular weight excluding hydrogens is 510 g/mol. The predicted molar refractivity (Wildman–Crippen MR) is 140 cm³/mol. The molecule has 4 N–H and O–H groups in total. The molecule has 208 valence electrons. The number of carboxylic acid groups (broad SMARTS) is 1. The van der Waals surface area contributed by atoms with E-state index >= 15 is 0 Å². The fourth-order valence-corrected chi connectivity index (χ4v) is 4.12. The number of fused-ring (bicyclic) bond motifs is 1. The van der Waals surface area contributed by atoms with Crippen LogP contribution in [0.3, 0.4) is 0 Å². The molecule has 39 heavy (non-hydrogen) atoms. The van der Waals surface area contributed by atoms with E-state index in [0.717, 1.165) is 16.5 Å². The third kappa shape index (κ3) is 6.98. The average Bonchev–Trinajstić information content (AvgIpc) is 3.35. The number of aromatic nitrogens is 1. The topological polar surface area (TPSA) is 165 Å². The van der Waals surface area contributed by atoms with Crippen molar-refractivity contribution < 1.29 is 43.2 Å². The van der Waals surface area contributed by atoms with Crippen LogP contribution in [0.25, 0.3) is 10.9 Å². The second kappa shape index (κ2) is 13.2. The van der Waals surface area contributed by atoms with Crippen LogP contribution in [0.4, 0.5) is 0 Å². The maximum Gasteiger partial charge on any atom is 0.328 e. The standard InChI is InChI=1S/C27H31N3O9/c1-36-21-12-15(13-22(37-2)24(21)38-3)25(33)29-19(9-10-23(31)32)26(34)30-20(27(35)39-4)11-16-14-28-18-8-6-5-7-17(16)18/h5-8,12-14,19-20,28H,9-11H2,1-4H3,(H,29,33)(H,30,34)(H,31,32)/t19-,20+/m0/s1. The molecule has 0 radical (unpaired) electrons. The van der Waals surface area contributed by atoms with Gasteiger partial charge in [-0.25, -0.2) is 4.79 Å². The van der Waals surface area contributed by atoms with Crippen LogP contribution in [0, 0.1) is 0 Å². The van der Waals surface area contributed by atoms with Gasteiger partial charge in [0.1, 0.15) is 12.1 Å². The van der Waals surface area contributed by atoms with Crippen LogP contribution in [-0.4, -0.2) is 74.4 Å². The number of benzene rings is 2. The van der Waals surface area contributed by atoms with Crippen molar-refractivity contribution in [1.82, 2.24) is 15.6 Å². The van der Waals surface area contributed by atoms with E-state index in [2.05, 4.69) is 15.6 Å². The number of H-pyrrole nitrogens is 1. The van der Waals surface area contributed by atoms with E-state index in [9.17, 15) is 24.3 Å². The second-order valence-electron chi connectivity index (χ2n) is 8.52. The first-order chi connectivity index (χ1) is 18.7. The van der Waals surface area contributed by atoms with E-state index in [-0.39, 0.29) is 35.7 Å². The van der Waals surface area contributed by atoms with Gasteiger partial charge in [-0.2, -0.15) is 0 Å². The van der Waals surface area contributed by atoms with E-state index in [0.29, 0.717) is 0 Å². The van der Waals surface area contributed by atoms with Gasteiger partial charge in [0.2, 0.25) is 11.7 Å². The highest BCUT2D eigenvalue weighted by Crippen LogP contribution is 2.38. The zero-order chi connectivity index (χ0) is 28.5. The lowest BCUT2D eigenvalue weighted by atomic mass is 10.0. The number of hydrogen-bond donors (Lipinski definition) is 4. The molecule has 0 aliphatic rings. The Morgan fingerprint density at radius 1 is 0.923 bits per heavy atom. The van der Waals surface area contributed by atoms with Gasteiger partial charge in [-0.15, -0.1) is 0 Å². The lowest BCUT2D eigenvalue weighted by Gasteiger charge is -2.22. The summed E-state index contributed by atoms with van der Waals surface area (Å²) in [6.07, 6.45) is 1.22. The first-order valence-corrected chi connectivity index (χ1v) is 12.0. The van der Waals surface area contributed by atoms with Crippen molar-refractivity contribution in [3.63, 3.8) is 0 Å². The number of carbonyl (C=O) groups excluding carboxylic acids is 3. The third-order valence-electron chi connectivity index (χ3n) is 6.10. The van der Waals surface area contributed by atoms with Crippen LogP contribution in [0.2, 0.25) is 0 Å². The van der Waals surface area contributed by atoms with Gasteiger partial charge in [0, 0.05) is 35.5 Å². The minimum atomic E-state index is -1.28. The van der Waals surface area contributed by atoms with Gasteiger partial charge < -0.3 is 39.7 Å². The third-order valence-corrected chi connectivity index (χ3v) is 6.10. The van der Waals surface area contributed by atoms with Crippen molar-refractivity contribution in [2.24, 2.45) is 0 Å². The summed E-state index contributed by atoms with van der Waals surface area (Å²) in [6, 6.07) is 7.91. The number of hydrogen-bond acceptors (Lipinski definition) is 8. The molecule has 0 saturated carbocycles. The van der Waals surface area contributed by atoms with Crippen LogP contribution >= 0.6 is 0 Å². The highest BCUT2D eigenvalue weighted by molar-refractivity contribution is 5.99. The van der Waals surface area contributed by atoms with Gasteiger partial charge in [-0.05, 0) is 30.2 Å². The smallest absolute Gasteiger partial charge is 0.328 e. The number of carbonyl (C=O) groups is 4. The number of esters is 1. The molecule has 0 aliphatic heterocycles. The lowest BCUT2D eigenvalue weighted by molar-refractivity contribution is -0.145. The highest BCUT2D eigenvalue weighted by Gasteiger charge is 2.29. The normalized spacial score (nSPS) is 12.2. The SMILES string of the molecule is COC(=O)[C@@H](Cc1c[nH]c2ccccc12)NC(=O)[C@H](CCC(=O)O)NC(=O)c1cc(OC)c(OC)c(OC)c1. The molecule has 2 aromatic carbocycles. The summed E-state index contributed by atoms with van der Waals surface area (Å²) in [4.78, 5) is 53.4. The van der Waals surface area contributed by atoms with E-state index in [1.165, 1.54) is 40.6 Å². The minimum Gasteiger partial charge on any atom is -0.493 e. The van der Waals surface area contributed by atoms with Crippen molar-refractivity contribution in [3.8, 4) is 17.2 Å². The number of nitrogens with one attached hydrogen (secondary N) is 3. The van der Waals surface area contributed by atoms with E-state index < -0.39 is 42.3 Å². The Bertz CT molecular complexity index is 1330. The van der Waals surface area contributed by atoms with Gasteiger partial charge in [-0.1, -0.05) is 18.2 Å². The van der Waals surface area contributed by atoms with Gasteiger partial charge in [0.25, 0.3) is 5.91 Å². The van der Waals surface area contributed by atoms with Gasteiger partial charge in [-0.3, -0.25) is 14.4 Å². The van der Waals surface area contributed by atoms with Gasteiger partial charge in [0.05, 0.1) is 28.4 Å². The largest absolute Gasteiger partial charge is 0.493 e. The fraction of sp³-hybridized carbons (Fsp3) is 0.333. The summed E-state index contributed by atoms with van der Waals surface area (Å²) in [7, 11) is 5.40. The van der Waals surface area contributed by atoms with E-state index in [4.69, 9.17) is 18.9 Å². The summed E-state index contributed by atoms with van der Waals surface area (Å²) >= 11 is 0. The van der Waals surface area contributed by atoms with Crippen LogP contribution in [-0.2, 0) is 25.5 Å². The van der Waals surface area contributed by atoms with Crippen molar-refractivity contribution in [3.05, 3.63) is 53.7 Å². The molecule has 1 aromatic heterocycles. The predicted octanol–water partition coefficient (Wildman–Crippen LogP) is 2.06. The Kier molecular flexibility index (Phi) is 9.74.